The third kappa shape index (κ3) is 5.62. The minimum Gasteiger partial charge on any atom is -0.302 e. The monoisotopic (exact) mass is 279 g/mol. The van der Waals surface area contributed by atoms with Crippen molar-refractivity contribution in [2.24, 2.45) is 5.92 Å². The number of Topliss-reactive ketones (excluding diaryl/α,β-unsaturated/α-hetero) is 1. The summed E-state index contributed by atoms with van der Waals surface area (Å²) in [6, 6.07) is 0.306. The average Bonchev–Trinajstić information content (AvgIpc) is 2.42. The second-order valence-electron chi connectivity index (χ2n) is 6.00. The number of allylic oxidation sites excluding steroid dienone is 2. The van der Waals surface area contributed by atoms with Crippen molar-refractivity contribution in [1.82, 2.24) is 5.32 Å². The van der Waals surface area contributed by atoms with Gasteiger partial charge in [-0.1, -0.05) is 26.0 Å². The molecule has 0 aromatic carbocycles. The van der Waals surface area contributed by atoms with Gasteiger partial charge in [-0.05, 0) is 51.9 Å². The van der Waals surface area contributed by atoms with Crippen molar-refractivity contribution in [2.75, 3.05) is 0 Å². The van der Waals surface area contributed by atoms with Crippen LogP contribution in [0.25, 0.3) is 0 Å². The average molecular weight is 279 g/mol. The van der Waals surface area contributed by atoms with Crippen LogP contribution < -0.4 is 5.32 Å². The standard InChI is InChI=1S/C18H33NO/c1-7-10-12-14-18(17(20)9-3,19-15(4)5)16(6)13-11-8-2/h7-8,15-16,19H,1-2,9-14H2,3-6H3/t16-,18?/m1/s1. The summed E-state index contributed by atoms with van der Waals surface area (Å²) in [7, 11) is 0. The van der Waals surface area contributed by atoms with E-state index in [9.17, 15) is 4.79 Å². The van der Waals surface area contributed by atoms with E-state index in [1.165, 1.54) is 0 Å². The van der Waals surface area contributed by atoms with Gasteiger partial charge in [0.1, 0.15) is 0 Å². The first-order chi connectivity index (χ1) is 9.44. The summed E-state index contributed by atoms with van der Waals surface area (Å²) in [6.45, 7) is 16.0. The largest absolute Gasteiger partial charge is 0.302 e. The summed E-state index contributed by atoms with van der Waals surface area (Å²) in [4.78, 5) is 12.7. The van der Waals surface area contributed by atoms with Crippen molar-refractivity contribution in [1.29, 1.82) is 0 Å². The molecule has 0 aliphatic carbocycles. The van der Waals surface area contributed by atoms with Crippen LogP contribution in [-0.4, -0.2) is 17.4 Å². The first kappa shape index (κ1) is 19.1. The fourth-order valence-electron chi connectivity index (χ4n) is 2.93. The highest BCUT2D eigenvalue weighted by Crippen LogP contribution is 2.30. The number of carbonyl (C=O) groups is 1. The minimum atomic E-state index is -0.394. The first-order valence-electron chi connectivity index (χ1n) is 7.97. The zero-order chi connectivity index (χ0) is 15.6. The fraction of sp³-hybridized carbons (Fsp3) is 0.722. The number of nitrogens with one attached hydrogen (secondary N) is 1. The molecule has 0 radical (unpaired) electrons. The highest BCUT2D eigenvalue weighted by molar-refractivity contribution is 5.88. The molecule has 20 heavy (non-hydrogen) atoms. The summed E-state index contributed by atoms with van der Waals surface area (Å²) in [5.41, 5.74) is -0.394. The van der Waals surface area contributed by atoms with E-state index in [2.05, 4.69) is 39.2 Å². The predicted molar refractivity (Wildman–Crippen MR) is 88.9 cm³/mol. The van der Waals surface area contributed by atoms with E-state index in [-0.39, 0.29) is 0 Å². The molecule has 0 aromatic rings. The maximum atomic E-state index is 12.7. The van der Waals surface area contributed by atoms with Crippen LogP contribution in [0.5, 0.6) is 0 Å². The highest BCUT2D eigenvalue weighted by Gasteiger charge is 2.41. The Morgan fingerprint density at radius 2 is 1.80 bits per heavy atom. The molecule has 0 bridgehead atoms. The van der Waals surface area contributed by atoms with Gasteiger partial charge in [0.25, 0.3) is 0 Å². The summed E-state index contributed by atoms with van der Waals surface area (Å²) in [5.74, 6) is 0.659. The van der Waals surface area contributed by atoms with E-state index in [1.807, 2.05) is 19.1 Å². The molecule has 0 saturated heterocycles. The zero-order valence-corrected chi connectivity index (χ0v) is 13.9. The van der Waals surface area contributed by atoms with Gasteiger partial charge in [0.2, 0.25) is 0 Å². The Morgan fingerprint density at radius 1 is 1.20 bits per heavy atom. The topological polar surface area (TPSA) is 29.1 Å². The lowest BCUT2D eigenvalue weighted by Crippen LogP contribution is -2.58. The van der Waals surface area contributed by atoms with Crippen LogP contribution in [-0.2, 0) is 4.79 Å². The highest BCUT2D eigenvalue weighted by atomic mass is 16.1. The third-order valence-electron chi connectivity index (χ3n) is 3.99. The lowest BCUT2D eigenvalue weighted by molar-refractivity contribution is -0.128. The van der Waals surface area contributed by atoms with Gasteiger partial charge in [-0.15, -0.1) is 13.2 Å². The van der Waals surface area contributed by atoms with Crippen LogP contribution in [0, 0.1) is 5.92 Å². The Hall–Kier alpha value is -0.890. The quantitative estimate of drug-likeness (QED) is 0.416. The molecule has 1 unspecified atom stereocenters. The van der Waals surface area contributed by atoms with Gasteiger partial charge in [0, 0.05) is 12.5 Å². The molecule has 116 valence electrons. The van der Waals surface area contributed by atoms with Gasteiger partial charge in [0.05, 0.1) is 5.54 Å². The predicted octanol–water partition coefficient (Wildman–Crippen LogP) is 4.66. The lowest BCUT2D eigenvalue weighted by atomic mass is 9.74. The Labute approximate surface area is 125 Å². The van der Waals surface area contributed by atoms with Gasteiger partial charge < -0.3 is 5.32 Å². The number of carbonyl (C=O) groups excluding carboxylic acids is 1. The van der Waals surface area contributed by atoms with Crippen molar-refractivity contribution in [3.05, 3.63) is 25.3 Å². The SMILES string of the molecule is C=CCCCC(NC(C)C)(C(=O)CC)[C@H](C)CCC=C. The third-order valence-corrected chi connectivity index (χ3v) is 3.99. The van der Waals surface area contributed by atoms with Crippen molar-refractivity contribution in [3.8, 4) is 0 Å². The number of unbranched alkanes of at least 4 members (excludes halogenated alkanes) is 1. The van der Waals surface area contributed by atoms with Crippen LogP contribution >= 0.6 is 0 Å². The second kappa shape index (κ2) is 9.93. The van der Waals surface area contributed by atoms with Gasteiger partial charge in [-0.3, -0.25) is 4.79 Å². The fourth-order valence-corrected chi connectivity index (χ4v) is 2.93. The molecule has 0 spiro atoms. The minimum absolute atomic E-state index is 0.306. The molecule has 0 aliphatic rings. The van der Waals surface area contributed by atoms with Gasteiger partial charge in [0.15, 0.2) is 5.78 Å². The molecule has 2 heteroatoms. The van der Waals surface area contributed by atoms with Gasteiger partial charge >= 0.3 is 0 Å². The zero-order valence-electron chi connectivity index (χ0n) is 13.9. The Kier molecular flexibility index (Phi) is 9.49. The number of ketones is 1. The van der Waals surface area contributed by atoms with Crippen molar-refractivity contribution in [2.45, 2.75) is 77.8 Å². The maximum Gasteiger partial charge on any atom is 0.152 e. The van der Waals surface area contributed by atoms with Crippen molar-refractivity contribution < 1.29 is 4.79 Å². The molecule has 0 heterocycles. The lowest BCUT2D eigenvalue weighted by Gasteiger charge is -2.40. The summed E-state index contributed by atoms with van der Waals surface area (Å²) in [5, 5.41) is 3.59. The Balaban J connectivity index is 5.21. The van der Waals surface area contributed by atoms with E-state index in [0.29, 0.717) is 24.2 Å². The van der Waals surface area contributed by atoms with E-state index < -0.39 is 5.54 Å². The Morgan fingerprint density at radius 3 is 2.25 bits per heavy atom. The molecule has 0 amide bonds. The summed E-state index contributed by atoms with van der Waals surface area (Å²) in [6.07, 6.45) is 9.29. The number of hydrogen-bond donors (Lipinski definition) is 1. The molecule has 0 saturated carbocycles. The molecule has 1 N–H and O–H groups in total. The van der Waals surface area contributed by atoms with Crippen molar-refractivity contribution >= 4 is 5.78 Å². The molecule has 0 aliphatic heterocycles. The molecule has 2 nitrogen and oxygen atoms in total. The van der Waals surface area contributed by atoms with Crippen LogP contribution in [0.2, 0.25) is 0 Å². The van der Waals surface area contributed by atoms with Gasteiger partial charge in [-0.2, -0.15) is 0 Å². The normalized spacial score (nSPS) is 15.7. The Bertz CT molecular complexity index is 309. The van der Waals surface area contributed by atoms with Crippen LogP contribution in [0.3, 0.4) is 0 Å². The summed E-state index contributed by atoms with van der Waals surface area (Å²) < 4.78 is 0. The molecular weight excluding hydrogens is 246 g/mol. The second-order valence-corrected chi connectivity index (χ2v) is 6.00. The van der Waals surface area contributed by atoms with E-state index >= 15 is 0 Å². The van der Waals surface area contributed by atoms with Crippen LogP contribution in [0.1, 0.15) is 66.2 Å². The van der Waals surface area contributed by atoms with E-state index in [4.69, 9.17) is 0 Å². The smallest absolute Gasteiger partial charge is 0.152 e. The van der Waals surface area contributed by atoms with Crippen LogP contribution in [0.15, 0.2) is 25.3 Å². The maximum absolute atomic E-state index is 12.7. The first-order valence-corrected chi connectivity index (χ1v) is 7.97. The molecule has 0 rings (SSSR count). The van der Waals surface area contributed by atoms with Gasteiger partial charge in [-0.25, -0.2) is 0 Å². The number of hydrogen-bond acceptors (Lipinski definition) is 2. The number of rotatable bonds is 12. The molecule has 0 aromatic heterocycles. The molecule has 0 fully saturated rings. The van der Waals surface area contributed by atoms with Crippen LogP contribution in [0.4, 0.5) is 0 Å². The molecule has 2 atom stereocenters. The summed E-state index contributed by atoms with van der Waals surface area (Å²) >= 11 is 0. The van der Waals surface area contributed by atoms with E-state index in [1.54, 1.807) is 0 Å². The molecular formula is C18H33NO. The van der Waals surface area contributed by atoms with Crippen molar-refractivity contribution in [3.63, 3.8) is 0 Å². The van der Waals surface area contributed by atoms with E-state index in [0.717, 1.165) is 32.1 Å².